The fourth-order valence-corrected chi connectivity index (χ4v) is 1.51. The van der Waals surface area contributed by atoms with E-state index in [0.717, 1.165) is 25.3 Å². The van der Waals surface area contributed by atoms with Crippen LogP contribution < -0.4 is 10.6 Å². The highest BCUT2D eigenvalue weighted by molar-refractivity contribution is 6.31. The first-order valence-corrected chi connectivity index (χ1v) is 5.60. The maximum atomic E-state index is 12.5. The fraction of sp³-hybridized carbons (Fsp3) is 0.273. The number of methoxy groups -OCH3 is 1. The van der Waals surface area contributed by atoms with Crippen molar-refractivity contribution in [3.05, 3.63) is 28.8 Å². The lowest BCUT2D eigenvalue weighted by atomic mass is 10.2. The molecule has 1 aromatic carbocycles. The summed E-state index contributed by atoms with van der Waals surface area (Å²) >= 11 is 5.48. The molecule has 0 radical (unpaired) electrons. The van der Waals surface area contributed by atoms with E-state index in [1.165, 1.54) is 0 Å². The second kappa shape index (κ2) is 6.47. The van der Waals surface area contributed by atoms with E-state index in [1.54, 1.807) is 0 Å². The van der Waals surface area contributed by atoms with Crippen molar-refractivity contribution >= 4 is 29.3 Å². The number of ether oxygens (including phenoxy) is 1. The second-order valence-electron chi connectivity index (χ2n) is 3.58. The maximum Gasteiger partial charge on any atom is 0.417 e. The molecule has 20 heavy (non-hydrogen) atoms. The largest absolute Gasteiger partial charge is 0.468 e. The average Bonchev–Trinajstić information content (AvgIpc) is 2.34. The third-order valence-corrected chi connectivity index (χ3v) is 2.47. The zero-order valence-corrected chi connectivity index (χ0v) is 10.9. The minimum absolute atomic E-state index is 0.0605. The van der Waals surface area contributed by atoms with E-state index in [-0.39, 0.29) is 12.2 Å². The van der Waals surface area contributed by atoms with E-state index in [2.05, 4.69) is 15.4 Å². The Bertz CT molecular complexity index is 520. The highest BCUT2D eigenvalue weighted by atomic mass is 35.5. The fourth-order valence-electron chi connectivity index (χ4n) is 1.22. The van der Waals surface area contributed by atoms with Crippen LogP contribution in [0.25, 0.3) is 0 Å². The number of halogens is 4. The summed E-state index contributed by atoms with van der Waals surface area (Å²) in [5.74, 6) is -0.661. The quantitative estimate of drug-likeness (QED) is 0.843. The van der Waals surface area contributed by atoms with Crippen LogP contribution >= 0.6 is 11.6 Å². The summed E-state index contributed by atoms with van der Waals surface area (Å²) in [6, 6.07) is 1.98. The van der Waals surface area contributed by atoms with E-state index < -0.39 is 28.8 Å². The number of benzene rings is 1. The molecule has 5 nitrogen and oxygen atoms in total. The Morgan fingerprint density at radius 2 is 2.00 bits per heavy atom. The molecule has 0 heterocycles. The molecule has 0 fully saturated rings. The van der Waals surface area contributed by atoms with E-state index in [4.69, 9.17) is 11.6 Å². The number of alkyl halides is 3. The van der Waals surface area contributed by atoms with Crippen LogP contribution in [-0.4, -0.2) is 25.7 Å². The molecule has 1 aromatic rings. The molecular weight excluding hydrogens is 301 g/mol. The highest BCUT2D eigenvalue weighted by Crippen LogP contribution is 2.35. The zero-order chi connectivity index (χ0) is 15.3. The van der Waals surface area contributed by atoms with Gasteiger partial charge in [-0.15, -0.1) is 0 Å². The van der Waals surface area contributed by atoms with Crippen molar-refractivity contribution in [3.8, 4) is 0 Å². The number of hydrogen-bond acceptors (Lipinski definition) is 3. The van der Waals surface area contributed by atoms with Crippen molar-refractivity contribution in [2.75, 3.05) is 19.0 Å². The first-order valence-electron chi connectivity index (χ1n) is 5.22. The third kappa shape index (κ3) is 4.61. The molecule has 0 aliphatic rings. The third-order valence-electron chi connectivity index (χ3n) is 2.15. The maximum absolute atomic E-state index is 12.5. The molecule has 0 atom stereocenters. The number of rotatable bonds is 3. The SMILES string of the molecule is COC(=O)CNC(=O)Nc1ccc(C(F)(F)F)c(Cl)c1. The highest BCUT2D eigenvalue weighted by Gasteiger charge is 2.33. The summed E-state index contributed by atoms with van der Waals surface area (Å²) in [5, 5.41) is 3.85. The van der Waals surface area contributed by atoms with Gasteiger partial charge in [0.25, 0.3) is 0 Å². The molecule has 0 saturated heterocycles. The Kier molecular flexibility index (Phi) is 5.20. The van der Waals surface area contributed by atoms with Crippen molar-refractivity contribution in [3.63, 3.8) is 0 Å². The lowest BCUT2D eigenvalue weighted by Crippen LogP contribution is -2.33. The number of urea groups is 1. The lowest BCUT2D eigenvalue weighted by Gasteiger charge is -2.11. The van der Waals surface area contributed by atoms with Gasteiger partial charge < -0.3 is 15.4 Å². The molecule has 2 amide bonds. The normalized spacial score (nSPS) is 10.8. The summed E-state index contributed by atoms with van der Waals surface area (Å²) in [4.78, 5) is 22.1. The molecule has 0 aliphatic heterocycles. The molecular formula is C11H10ClF3N2O3. The van der Waals surface area contributed by atoms with Gasteiger partial charge in [-0.05, 0) is 18.2 Å². The Labute approximate surface area is 117 Å². The summed E-state index contributed by atoms with van der Waals surface area (Å²) < 4.78 is 41.7. The Morgan fingerprint density at radius 1 is 1.35 bits per heavy atom. The number of nitrogens with one attached hydrogen (secondary N) is 2. The van der Waals surface area contributed by atoms with E-state index in [0.29, 0.717) is 0 Å². The first kappa shape index (κ1) is 16.1. The molecule has 0 aliphatic carbocycles. The summed E-state index contributed by atoms with van der Waals surface area (Å²) in [5.41, 5.74) is -0.940. The van der Waals surface area contributed by atoms with Gasteiger partial charge in [0.15, 0.2) is 0 Å². The number of anilines is 1. The van der Waals surface area contributed by atoms with Gasteiger partial charge in [0.2, 0.25) is 0 Å². The smallest absolute Gasteiger partial charge is 0.417 e. The molecule has 0 unspecified atom stereocenters. The molecule has 0 bridgehead atoms. The van der Waals surface area contributed by atoms with Gasteiger partial charge in [0, 0.05) is 5.69 Å². The van der Waals surface area contributed by atoms with Gasteiger partial charge in [-0.2, -0.15) is 13.2 Å². The molecule has 1 rings (SSSR count). The Hall–Kier alpha value is -1.96. The number of esters is 1. The van der Waals surface area contributed by atoms with Crippen LogP contribution in [0.5, 0.6) is 0 Å². The first-order chi connectivity index (χ1) is 9.24. The molecule has 0 spiro atoms. The van der Waals surface area contributed by atoms with Crippen LogP contribution in [0.4, 0.5) is 23.7 Å². The summed E-state index contributed by atoms with van der Waals surface area (Å²) in [6.45, 7) is -0.364. The van der Waals surface area contributed by atoms with Gasteiger partial charge in [-0.3, -0.25) is 4.79 Å². The number of amides is 2. The van der Waals surface area contributed by atoms with Gasteiger partial charge in [0.1, 0.15) is 6.54 Å². The van der Waals surface area contributed by atoms with Crippen molar-refractivity contribution < 1.29 is 27.5 Å². The van der Waals surface area contributed by atoms with Crippen molar-refractivity contribution in [2.45, 2.75) is 6.18 Å². The van der Waals surface area contributed by atoms with Crippen molar-refractivity contribution in [1.82, 2.24) is 5.32 Å². The second-order valence-corrected chi connectivity index (χ2v) is 3.98. The number of carbonyl (C=O) groups is 2. The van der Waals surface area contributed by atoms with Crippen molar-refractivity contribution in [2.24, 2.45) is 0 Å². The molecule has 0 aromatic heterocycles. The van der Waals surface area contributed by atoms with Gasteiger partial charge in [-0.1, -0.05) is 11.6 Å². The molecule has 2 N–H and O–H groups in total. The van der Waals surface area contributed by atoms with Gasteiger partial charge >= 0.3 is 18.2 Å². The summed E-state index contributed by atoms with van der Waals surface area (Å²) in [7, 11) is 1.15. The van der Waals surface area contributed by atoms with Crippen LogP contribution in [-0.2, 0) is 15.7 Å². The standard InChI is InChI=1S/C11H10ClF3N2O3/c1-20-9(18)5-16-10(19)17-6-2-3-7(8(12)4-6)11(13,14)15/h2-4H,5H2,1H3,(H2,16,17,19). The van der Waals surface area contributed by atoms with Crippen LogP contribution in [0.15, 0.2) is 18.2 Å². The van der Waals surface area contributed by atoms with Gasteiger partial charge in [-0.25, -0.2) is 4.79 Å². The van der Waals surface area contributed by atoms with Crippen LogP contribution in [0, 0.1) is 0 Å². The average molecular weight is 311 g/mol. The van der Waals surface area contributed by atoms with Gasteiger partial charge in [0.05, 0.1) is 17.7 Å². The topological polar surface area (TPSA) is 67.4 Å². The number of carbonyl (C=O) groups excluding carboxylic acids is 2. The molecule has 110 valence electrons. The van der Waals surface area contributed by atoms with Crippen LogP contribution in [0.1, 0.15) is 5.56 Å². The van der Waals surface area contributed by atoms with Crippen LogP contribution in [0.2, 0.25) is 5.02 Å². The Morgan fingerprint density at radius 3 is 2.50 bits per heavy atom. The van der Waals surface area contributed by atoms with Crippen LogP contribution in [0.3, 0.4) is 0 Å². The van der Waals surface area contributed by atoms with E-state index in [1.807, 2.05) is 0 Å². The molecule has 9 heteroatoms. The van der Waals surface area contributed by atoms with E-state index in [9.17, 15) is 22.8 Å². The summed E-state index contributed by atoms with van der Waals surface area (Å²) in [6.07, 6.45) is -4.57. The monoisotopic (exact) mass is 310 g/mol. The van der Waals surface area contributed by atoms with Crippen molar-refractivity contribution in [1.29, 1.82) is 0 Å². The minimum atomic E-state index is -4.57. The predicted octanol–water partition coefficient (Wildman–Crippen LogP) is 2.65. The predicted molar refractivity (Wildman–Crippen MR) is 65.5 cm³/mol. The zero-order valence-electron chi connectivity index (χ0n) is 10.2. The number of hydrogen-bond donors (Lipinski definition) is 2. The molecule has 0 saturated carbocycles. The lowest BCUT2D eigenvalue weighted by molar-refractivity contribution is -0.139. The van der Waals surface area contributed by atoms with E-state index >= 15 is 0 Å². The minimum Gasteiger partial charge on any atom is -0.468 e. The Balaban J connectivity index is 2.68.